The van der Waals surface area contributed by atoms with E-state index in [0.29, 0.717) is 21.9 Å². The van der Waals surface area contributed by atoms with Crippen molar-refractivity contribution in [1.82, 2.24) is 0 Å². The third-order valence-electron chi connectivity index (χ3n) is 7.70. The Morgan fingerprint density at radius 3 is 1.65 bits per heavy atom. The molecular weight excluding hydrogens is 520 g/mol. The number of hydrogen-bond donors (Lipinski definition) is 0. The van der Waals surface area contributed by atoms with Gasteiger partial charge in [0.2, 0.25) is 0 Å². The molecule has 0 radical (unpaired) electrons. The first-order valence-electron chi connectivity index (χ1n) is 21.9. The molecular formula is C42H26O. The monoisotopic (exact) mass is 563 g/mol. The van der Waals surface area contributed by atoms with Crippen LogP contribution >= 0.6 is 0 Å². The van der Waals surface area contributed by atoms with E-state index >= 15 is 0 Å². The molecule has 0 aliphatic rings. The first-order chi connectivity index (χ1) is 28.4. The van der Waals surface area contributed by atoms with Crippen molar-refractivity contribution < 1.29 is 27.7 Å². The summed E-state index contributed by atoms with van der Waals surface area (Å²) in [6.07, 6.45) is 0. The van der Waals surface area contributed by atoms with Gasteiger partial charge in [-0.2, -0.15) is 0 Å². The zero-order valence-electron chi connectivity index (χ0n) is 39.1. The SMILES string of the molecule is [2H]c1c([2H])c([2H])c(-c2c([2H])c([2H])c([2H])c([2H])c2-c2c3c([2H])c([2H])c([2H])c([2H])c3c(-c3cccc4oc5cc6ccccc6cc5c34)c3c([2H])c([2H])c([2H])c([2H])c23)c([2H])c1[2H]. The highest BCUT2D eigenvalue weighted by atomic mass is 16.3. The van der Waals surface area contributed by atoms with Gasteiger partial charge in [0.05, 0.1) is 23.3 Å². The van der Waals surface area contributed by atoms with Crippen LogP contribution in [0.5, 0.6) is 0 Å². The van der Waals surface area contributed by atoms with Crippen LogP contribution in [-0.4, -0.2) is 0 Å². The molecule has 1 heterocycles. The van der Waals surface area contributed by atoms with E-state index in [1.54, 1.807) is 18.2 Å². The number of furan rings is 1. The number of hydrogen-bond acceptors (Lipinski definition) is 1. The maximum atomic E-state index is 9.46. The van der Waals surface area contributed by atoms with Crippen LogP contribution in [0.3, 0.4) is 0 Å². The molecule has 0 unspecified atom stereocenters. The Morgan fingerprint density at radius 1 is 0.419 bits per heavy atom. The fourth-order valence-electron chi connectivity index (χ4n) is 5.93. The molecule has 0 fully saturated rings. The van der Waals surface area contributed by atoms with Gasteiger partial charge in [-0.3, -0.25) is 0 Å². The Labute approximate surface area is 273 Å². The van der Waals surface area contributed by atoms with E-state index in [4.69, 9.17) is 20.9 Å². The summed E-state index contributed by atoms with van der Waals surface area (Å²) >= 11 is 0. The molecule has 9 aromatic rings. The van der Waals surface area contributed by atoms with Gasteiger partial charge in [-0.05, 0) is 83.9 Å². The fraction of sp³-hybridized carbons (Fsp3) is 0. The van der Waals surface area contributed by atoms with E-state index in [2.05, 4.69) is 0 Å². The van der Waals surface area contributed by atoms with Crippen LogP contribution in [-0.2, 0) is 0 Å². The van der Waals surface area contributed by atoms with Gasteiger partial charge in [0.25, 0.3) is 0 Å². The van der Waals surface area contributed by atoms with Crippen LogP contribution in [0, 0.1) is 0 Å². The summed E-state index contributed by atoms with van der Waals surface area (Å²) in [6.45, 7) is 0. The summed E-state index contributed by atoms with van der Waals surface area (Å²) in [5.41, 5.74) is -1.34. The van der Waals surface area contributed by atoms with Crippen molar-refractivity contribution in [2.24, 2.45) is 0 Å². The topological polar surface area (TPSA) is 13.1 Å². The first-order valence-corrected chi connectivity index (χ1v) is 13.4. The van der Waals surface area contributed by atoms with Gasteiger partial charge < -0.3 is 4.42 Å². The molecule has 1 aromatic heterocycles. The van der Waals surface area contributed by atoms with Gasteiger partial charge in [-0.1, -0.05) is 139 Å². The van der Waals surface area contributed by atoms with Crippen molar-refractivity contribution in [2.45, 2.75) is 0 Å². The Kier molecular flexibility index (Phi) is 2.79. The molecule has 200 valence electrons. The predicted octanol–water partition coefficient (Wildman–Crippen LogP) is 12.0. The number of rotatable bonds is 3. The third-order valence-corrected chi connectivity index (χ3v) is 7.70. The van der Waals surface area contributed by atoms with E-state index in [-0.39, 0.29) is 21.9 Å². The van der Waals surface area contributed by atoms with Gasteiger partial charge in [0.15, 0.2) is 0 Å². The minimum Gasteiger partial charge on any atom is -0.456 e. The maximum Gasteiger partial charge on any atom is 0.136 e. The van der Waals surface area contributed by atoms with E-state index in [0.717, 1.165) is 10.8 Å². The normalized spacial score (nSPS) is 17.3. The third kappa shape index (κ3) is 3.65. The van der Waals surface area contributed by atoms with Crippen molar-refractivity contribution in [3.05, 3.63) is 157 Å². The van der Waals surface area contributed by atoms with Crippen molar-refractivity contribution >= 4 is 54.3 Å². The second-order valence-corrected chi connectivity index (χ2v) is 9.98. The predicted molar refractivity (Wildman–Crippen MR) is 183 cm³/mol. The average Bonchev–Trinajstić information content (AvgIpc) is 3.61. The van der Waals surface area contributed by atoms with Gasteiger partial charge in [0.1, 0.15) is 11.2 Å². The van der Waals surface area contributed by atoms with E-state index in [9.17, 15) is 6.85 Å². The van der Waals surface area contributed by atoms with Crippen LogP contribution in [0.2, 0.25) is 0 Å². The fourth-order valence-corrected chi connectivity index (χ4v) is 5.93. The molecule has 9 rings (SSSR count). The second kappa shape index (κ2) is 9.44. The molecule has 0 saturated heterocycles. The molecule has 0 aliphatic heterocycles. The average molecular weight is 564 g/mol. The minimum absolute atomic E-state index is 0.0468. The lowest BCUT2D eigenvalue weighted by Gasteiger charge is -2.20. The molecule has 8 aromatic carbocycles. The minimum atomic E-state index is -0.863. The standard InChI is InChI=1S/C42H26O/c1-2-13-27(14-3-1)30-17-6-7-18-31(30)40-32-19-8-10-21-34(32)41(35-22-11-9-20-33(35)40)36-23-12-24-38-42(36)37-25-28-15-4-5-16-29(28)26-39(37)43-38/h1-26H/i1D,2D,3D,6D,7D,8D,9D,10D,11D,13D,14D,17D,18D,19D,20D,21D,22D. The molecule has 1 nitrogen and oxygen atoms in total. The van der Waals surface area contributed by atoms with Gasteiger partial charge in [-0.25, -0.2) is 0 Å². The van der Waals surface area contributed by atoms with Crippen LogP contribution < -0.4 is 0 Å². The van der Waals surface area contributed by atoms with Gasteiger partial charge >= 0.3 is 0 Å². The maximum absolute atomic E-state index is 9.46. The number of fused-ring (bicyclic) bond motifs is 6. The lowest BCUT2D eigenvalue weighted by atomic mass is 9.83. The van der Waals surface area contributed by atoms with E-state index in [1.807, 2.05) is 36.4 Å². The molecule has 0 spiro atoms. The molecule has 0 bridgehead atoms. The lowest BCUT2D eigenvalue weighted by Crippen LogP contribution is -1.93. The van der Waals surface area contributed by atoms with E-state index < -0.39 is 136 Å². The van der Waals surface area contributed by atoms with Crippen molar-refractivity contribution in [3.8, 4) is 33.4 Å². The first kappa shape index (κ1) is 12.7. The molecule has 0 atom stereocenters. The van der Waals surface area contributed by atoms with Gasteiger partial charge in [0, 0.05) is 10.8 Å². The Bertz CT molecular complexity index is 3350. The van der Waals surface area contributed by atoms with Crippen LogP contribution in [0.25, 0.3) is 87.6 Å². The van der Waals surface area contributed by atoms with Crippen molar-refractivity contribution in [3.63, 3.8) is 0 Å². The van der Waals surface area contributed by atoms with E-state index in [1.165, 1.54) is 0 Å². The second-order valence-electron chi connectivity index (χ2n) is 9.98. The molecule has 0 aliphatic carbocycles. The summed E-state index contributed by atoms with van der Waals surface area (Å²) < 4.78 is 158. The molecule has 0 N–H and O–H groups in total. The zero-order valence-corrected chi connectivity index (χ0v) is 22.1. The molecule has 1 heteroatoms. The quantitative estimate of drug-likeness (QED) is 0.195. The van der Waals surface area contributed by atoms with Crippen LogP contribution in [0.4, 0.5) is 0 Å². The van der Waals surface area contributed by atoms with Crippen LogP contribution in [0.1, 0.15) is 23.3 Å². The largest absolute Gasteiger partial charge is 0.456 e. The van der Waals surface area contributed by atoms with Crippen molar-refractivity contribution in [1.29, 1.82) is 0 Å². The molecule has 0 amide bonds. The smallest absolute Gasteiger partial charge is 0.136 e. The zero-order chi connectivity index (χ0) is 43.1. The summed E-state index contributed by atoms with van der Waals surface area (Å²) in [5.74, 6) is 0. The molecule has 43 heavy (non-hydrogen) atoms. The highest BCUT2D eigenvalue weighted by molar-refractivity contribution is 6.26. The summed E-state index contributed by atoms with van der Waals surface area (Å²) in [6, 6.07) is 2.96. The van der Waals surface area contributed by atoms with Crippen molar-refractivity contribution in [2.75, 3.05) is 0 Å². The van der Waals surface area contributed by atoms with Gasteiger partial charge in [-0.15, -0.1) is 0 Å². The Balaban J connectivity index is 1.63. The lowest BCUT2D eigenvalue weighted by molar-refractivity contribution is 0.669. The Hall–Kier alpha value is -5.66. The highest BCUT2D eigenvalue weighted by Crippen LogP contribution is 2.48. The summed E-state index contributed by atoms with van der Waals surface area (Å²) in [4.78, 5) is 0. The van der Waals surface area contributed by atoms with Crippen LogP contribution in [0.15, 0.2) is 162 Å². The highest BCUT2D eigenvalue weighted by Gasteiger charge is 2.21. The molecule has 0 saturated carbocycles. The number of benzene rings is 8. The Morgan fingerprint density at radius 2 is 0.977 bits per heavy atom. The summed E-state index contributed by atoms with van der Waals surface area (Å²) in [5, 5.41) is 1.42. The summed E-state index contributed by atoms with van der Waals surface area (Å²) in [7, 11) is 0.